The molecule has 1 amide bonds. The molecule has 4 heteroatoms. The lowest BCUT2D eigenvalue weighted by Gasteiger charge is -2.31. The van der Waals surface area contributed by atoms with E-state index in [1.165, 1.54) is 22.3 Å². The lowest BCUT2D eigenvalue weighted by molar-refractivity contribution is 0.0862. The molecule has 1 heterocycles. The van der Waals surface area contributed by atoms with Crippen molar-refractivity contribution in [3.8, 4) is 11.1 Å². The number of ether oxygens (including phenoxy) is 1. The molecule has 0 aromatic heterocycles. The summed E-state index contributed by atoms with van der Waals surface area (Å²) in [7, 11) is 0. The van der Waals surface area contributed by atoms with Crippen molar-refractivity contribution in [1.29, 1.82) is 0 Å². The number of rotatable bonds is 3. The van der Waals surface area contributed by atoms with Gasteiger partial charge in [-0.1, -0.05) is 48.5 Å². The highest BCUT2D eigenvalue weighted by molar-refractivity contribution is 5.79. The van der Waals surface area contributed by atoms with Crippen LogP contribution in [0.5, 0.6) is 0 Å². The van der Waals surface area contributed by atoms with E-state index in [9.17, 15) is 4.79 Å². The summed E-state index contributed by atoms with van der Waals surface area (Å²) in [5, 5.41) is 0. The molecule has 4 nitrogen and oxygen atoms in total. The van der Waals surface area contributed by atoms with Gasteiger partial charge in [-0.05, 0) is 47.6 Å². The second kappa shape index (κ2) is 6.89. The van der Waals surface area contributed by atoms with Gasteiger partial charge in [0.15, 0.2) is 0 Å². The fourth-order valence-electron chi connectivity index (χ4n) is 4.04. The van der Waals surface area contributed by atoms with E-state index in [2.05, 4.69) is 48.5 Å². The summed E-state index contributed by atoms with van der Waals surface area (Å²) in [6, 6.07) is 16.8. The molecule has 0 bridgehead atoms. The number of likely N-dealkylation sites (tertiary alicyclic amines) is 1. The number of hydrogen-bond donors (Lipinski definition) is 1. The van der Waals surface area contributed by atoms with Gasteiger partial charge in [0.1, 0.15) is 6.61 Å². The third kappa shape index (κ3) is 3.02. The second-order valence-electron chi connectivity index (χ2n) is 6.97. The van der Waals surface area contributed by atoms with Crippen LogP contribution in [0.2, 0.25) is 0 Å². The summed E-state index contributed by atoms with van der Waals surface area (Å²) < 4.78 is 5.70. The quantitative estimate of drug-likeness (QED) is 0.931. The summed E-state index contributed by atoms with van der Waals surface area (Å²) in [4.78, 5) is 14.3. The molecule has 0 atom stereocenters. The minimum absolute atomic E-state index is 0.123. The monoisotopic (exact) mass is 336 g/mol. The summed E-state index contributed by atoms with van der Waals surface area (Å²) in [5.74, 6) is 0.663. The van der Waals surface area contributed by atoms with Gasteiger partial charge < -0.3 is 15.4 Å². The normalized spacial score (nSPS) is 17.2. The number of benzene rings is 2. The van der Waals surface area contributed by atoms with Gasteiger partial charge in [0, 0.05) is 19.0 Å². The van der Waals surface area contributed by atoms with Crippen molar-refractivity contribution < 1.29 is 9.53 Å². The molecule has 0 unspecified atom stereocenters. The van der Waals surface area contributed by atoms with E-state index in [-0.39, 0.29) is 12.0 Å². The average Bonchev–Trinajstić information content (AvgIpc) is 3.00. The molecule has 4 rings (SSSR count). The van der Waals surface area contributed by atoms with E-state index in [0.29, 0.717) is 19.1 Å². The largest absolute Gasteiger partial charge is 0.448 e. The number of fused-ring (bicyclic) bond motifs is 3. The number of nitrogens with two attached hydrogens (primary N) is 1. The predicted octanol–water partition coefficient (Wildman–Crippen LogP) is 3.61. The molecule has 0 radical (unpaired) electrons. The maximum atomic E-state index is 12.4. The molecule has 0 spiro atoms. The van der Waals surface area contributed by atoms with Gasteiger partial charge in [-0.25, -0.2) is 4.79 Å². The van der Waals surface area contributed by atoms with Crippen LogP contribution in [0.1, 0.15) is 29.9 Å². The number of nitrogens with zero attached hydrogens (tertiary/aromatic N) is 1. The minimum atomic E-state index is -0.197. The van der Waals surface area contributed by atoms with E-state index in [1.54, 1.807) is 0 Å². The molecule has 1 fully saturated rings. The molecule has 1 aliphatic carbocycles. The lowest BCUT2D eigenvalue weighted by atomic mass is 9.97. The van der Waals surface area contributed by atoms with Crippen LogP contribution in [0.15, 0.2) is 48.5 Å². The average molecular weight is 336 g/mol. The van der Waals surface area contributed by atoms with Crippen molar-refractivity contribution in [2.75, 3.05) is 26.2 Å². The van der Waals surface area contributed by atoms with E-state index >= 15 is 0 Å². The molecule has 25 heavy (non-hydrogen) atoms. The molecule has 2 N–H and O–H groups in total. The van der Waals surface area contributed by atoms with Crippen LogP contribution in [0.25, 0.3) is 11.1 Å². The Morgan fingerprint density at radius 1 is 1.00 bits per heavy atom. The van der Waals surface area contributed by atoms with Gasteiger partial charge in [0.05, 0.1) is 0 Å². The highest BCUT2D eigenvalue weighted by Crippen LogP contribution is 2.44. The SMILES string of the molecule is NCC1CCN(C(=O)OCC2c3ccccc3-c3ccccc32)CC1. The first-order valence-corrected chi connectivity index (χ1v) is 9.08. The number of amides is 1. The highest BCUT2D eigenvalue weighted by Gasteiger charge is 2.30. The van der Waals surface area contributed by atoms with E-state index < -0.39 is 0 Å². The van der Waals surface area contributed by atoms with Crippen LogP contribution in [0.4, 0.5) is 4.79 Å². The maximum absolute atomic E-state index is 12.4. The number of piperidine rings is 1. The third-order valence-electron chi connectivity index (χ3n) is 5.54. The van der Waals surface area contributed by atoms with Crippen LogP contribution in [0.3, 0.4) is 0 Å². The Morgan fingerprint density at radius 2 is 1.56 bits per heavy atom. The van der Waals surface area contributed by atoms with Crippen LogP contribution in [-0.4, -0.2) is 37.2 Å². The van der Waals surface area contributed by atoms with E-state index in [1.807, 2.05) is 4.90 Å². The minimum Gasteiger partial charge on any atom is -0.448 e. The van der Waals surface area contributed by atoms with Crippen molar-refractivity contribution >= 4 is 6.09 Å². The number of carbonyl (C=O) groups is 1. The number of hydrogen-bond acceptors (Lipinski definition) is 3. The van der Waals surface area contributed by atoms with Gasteiger partial charge >= 0.3 is 6.09 Å². The molecule has 0 saturated carbocycles. The third-order valence-corrected chi connectivity index (χ3v) is 5.54. The molecule has 1 saturated heterocycles. The zero-order valence-corrected chi connectivity index (χ0v) is 14.4. The van der Waals surface area contributed by atoms with E-state index in [0.717, 1.165) is 25.9 Å². The summed E-state index contributed by atoms with van der Waals surface area (Å²) in [6.45, 7) is 2.60. The zero-order chi connectivity index (χ0) is 17.2. The fourth-order valence-corrected chi connectivity index (χ4v) is 4.04. The molecule has 1 aliphatic heterocycles. The first-order valence-electron chi connectivity index (χ1n) is 9.08. The Hall–Kier alpha value is -2.33. The van der Waals surface area contributed by atoms with Crippen LogP contribution >= 0.6 is 0 Å². The van der Waals surface area contributed by atoms with Crippen LogP contribution < -0.4 is 5.73 Å². The standard InChI is InChI=1S/C21H24N2O2/c22-13-15-9-11-23(12-10-15)21(24)25-14-20-18-7-3-1-5-16(18)17-6-2-4-8-19(17)20/h1-8,15,20H,9-14,22H2. The topological polar surface area (TPSA) is 55.6 Å². The molecule has 2 aromatic rings. The molecule has 2 aromatic carbocycles. The van der Waals surface area contributed by atoms with Gasteiger partial charge in [-0.3, -0.25) is 0 Å². The van der Waals surface area contributed by atoms with Gasteiger partial charge in [0.25, 0.3) is 0 Å². The predicted molar refractivity (Wildman–Crippen MR) is 98.4 cm³/mol. The molecule has 130 valence electrons. The smallest absolute Gasteiger partial charge is 0.409 e. The first-order chi connectivity index (χ1) is 12.3. The van der Waals surface area contributed by atoms with Gasteiger partial charge in [0.2, 0.25) is 0 Å². The van der Waals surface area contributed by atoms with Gasteiger partial charge in [-0.15, -0.1) is 0 Å². The Bertz CT molecular complexity index is 720. The van der Waals surface area contributed by atoms with Crippen molar-refractivity contribution in [3.63, 3.8) is 0 Å². The van der Waals surface area contributed by atoms with Crippen molar-refractivity contribution in [3.05, 3.63) is 59.7 Å². The fraction of sp³-hybridized carbons (Fsp3) is 0.381. The molecule has 2 aliphatic rings. The number of carbonyl (C=O) groups excluding carboxylic acids is 1. The van der Waals surface area contributed by atoms with Crippen molar-refractivity contribution in [2.24, 2.45) is 11.7 Å². The van der Waals surface area contributed by atoms with Crippen molar-refractivity contribution in [1.82, 2.24) is 4.90 Å². The summed E-state index contributed by atoms with van der Waals surface area (Å²) in [5.41, 5.74) is 10.7. The van der Waals surface area contributed by atoms with Crippen LogP contribution in [-0.2, 0) is 4.74 Å². The second-order valence-corrected chi connectivity index (χ2v) is 6.97. The lowest BCUT2D eigenvalue weighted by Crippen LogP contribution is -2.40. The Kier molecular flexibility index (Phi) is 4.45. The van der Waals surface area contributed by atoms with Crippen LogP contribution in [0, 0.1) is 5.92 Å². The van der Waals surface area contributed by atoms with E-state index in [4.69, 9.17) is 10.5 Å². The maximum Gasteiger partial charge on any atom is 0.409 e. The molecular weight excluding hydrogens is 312 g/mol. The zero-order valence-electron chi connectivity index (χ0n) is 14.4. The summed E-state index contributed by atoms with van der Waals surface area (Å²) >= 11 is 0. The highest BCUT2D eigenvalue weighted by atomic mass is 16.6. The van der Waals surface area contributed by atoms with Crippen molar-refractivity contribution in [2.45, 2.75) is 18.8 Å². The Balaban J connectivity index is 1.46. The summed E-state index contributed by atoms with van der Waals surface area (Å²) in [6.07, 6.45) is 1.75. The van der Waals surface area contributed by atoms with Gasteiger partial charge in [-0.2, -0.15) is 0 Å². The Labute approximate surface area is 148 Å². The first kappa shape index (κ1) is 16.2. The molecular formula is C21H24N2O2. The Morgan fingerprint density at radius 3 is 2.12 bits per heavy atom.